The third kappa shape index (κ3) is 4.38. The molecule has 9 rings (SSSR count). The summed E-state index contributed by atoms with van der Waals surface area (Å²) in [7, 11) is 0. The van der Waals surface area contributed by atoms with Gasteiger partial charge in [-0.25, -0.2) is 0 Å². The van der Waals surface area contributed by atoms with Crippen molar-refractivity contribution in [2.75, 3.05) is 4.90 Å². The Kier molecular flexibility index (Phi) is 6.34. The van der Waals surface area contributed by atoms with Crippen LogP contribution in [-0.4, -0.2) is 4.57 Å². The molecule has 0 fully saturated rings. The van der Waals surface area contributed by atoms with Gasteiger partial charge in [-0.3, -0.25) is 4.90 Å². The van der Waals surface area contributed by atoms with Crippen LogP contribution in [0.5, 0.6) is 0 Å². The number of nitrogens with zero attached hydrogens (tertiary/aromatic N) is 4. The molecule has 5 nitrogen and oxygen atoms in total. The monoisotopic (exact) mass is 626 g/mol. The van der Waals surface area contributed by atoms with Gasteiger partial charge in [-0.15, -0.1) is 0 Å². The summed E-state index contributed by atoms with van der Waals surface area (Å²) in [5.74, 6) is 0.727. The number of allylic oxidation sites excluding steroid dienone is 2. The van der Waals surface area contributed by atoms with E-state index in [4.69, 9.17) is 4.42 Å². The quantitative estimate of drug-likeness (QED) is 0.196. The van der Waals surface area contributed by atoms with Crippen LogP contribution >= 0.6 is 0 Å². The van der Waals surface area contributed by atoms with Crippen LogP contribution in [0.3, 0.4) is 0 Å². The van der Waals surface area contributed by atoms with E-state index in [1.807, 2.05) is 84.9 Å². The van der Waals surface area contributed by atoms with Crippen molar-refractivity contribution in [3.63, 3.8) is 0 Å². The van der Waals surface area contributed by atoms with E-state index < -0.39 is 0 Å². The minimum atomic E-state index is 0.562. The third-order valence-corrected chi connectivity index (χ3v) is 9.35. The fourth-order valence-corrected chi connectivity index (χ4v) is 7.09. The SMILES string of the molecule is C=C1/C=C\c2c(oc3ccc(-c4ccc(C#N)cc4-n4c5ccccc5c5cc(C#N)ccc54)cc23)N(c2ccccc2)c2ccccc21. The Morgan fingerprint density at radius 3 is 2.16 bits per heavy atom. The number of para-hydroxylation sites is 3. The van der Waals surface area contributed by atoms with E-state index in [-0.39, 0.29) is 0 Å². The molecule has 0 spiro atoms. The molecule has 0 bridgehead atoms. The van der Waals surface area contributed by atoms with Crippen molar-refractivity contribution in [1.29, 1.82) is 10.5 Å². The van der Waals surface area contributed by atoms with Gasteiger partial charge in [0.2, 0.25) is 5.88 Å². The Balaban J connectivity index is 1.30. The van der Waals surface area contributed by atoms with Gasteiger partial charge in [0, 0.05) is 38.5 Å². The molecule has 2 aromatic heterocycles. The van der Waals surface area contributed by atoms with Gasteiger partial charge >= 0.3 is 0 Å². The number of benzene rings is 6. The number of nitriles is 2. The minimum Gasteiger partial charge on any atom is -0.439 e. The molecule has 0 atom stereocenters. The molecule has 8 aromatic rings. The van der Waals surface area contributed by atoms with Crippen LogP contribution in [0, 0.1) is 22.7 Å². The average Bonchev–Trinajstić information content (AvgIpc) is 3.68. The number of hydrogen-bond donors (Lipinski definition) is 0. The highest BCUT2D eigenvalue weighted by Crippen LogP contribution is 2.47. The Morgan fingerprint density at radius 2 is 1.31 bits per heavy atom. The predicted octanol–water partition coefficient (Wildman–Crippen LogP) is 11.5. The van der Waals surface area contributed by atoms with Gasteiger partial charge < -0.3 is 8.98 Å². The van der Waals surface area contributed by atoms with Crippen LogP contribution in [0.4, 0.5) is 17.3 Å². The summed E-state index contributed by atoms with van der Waals surface area (Å²) >= 11 is 0. The van der Waals surface area contributed by atoms with Crippen molar-refractivity contribution in [2.24, 2.45) is 0 Å². The Morgan fingerprint density at radius 1 is 0.571 bits per heavy atom. The number of aromatic nitrogens is 1. The highest BCUT2D eigenvalue weighted by molar-refractivity contribution is 6.10. The molecule has 0 unspecified atom stereocenters. The molecule has 228 valence electrons. The van der Waals surface area contributed by atoms with Crippen molar-refractivity contribution < 1.29 is 4.42 Å². The summed E-state index contributed by atoms with van der Waals surface area (Å²) in [5, 5.41) is 22.7. The molecule has 0 saturated carbocycles. The van der Waals surface area contributed by atoms with E-state index in [9.17, 15) is 10.5 Å². The van der Waals surface area contributed by atoms with Crippen LogP contribution in [0.15, 0.2) is 151 Å². The first-order chi connectivity index (χ1) is 24.1. The second-order valence-electron chi connectivity index (χ2n) is 12.1. The molecular formula is C44H26N4O. The maximum atomic E-state index is 9.99. The molecule has 6 aromatic carbocycles. The number of anilines is 3. The maximum Gasteiger partial charge on any atom is 0.213 e. The zero-order chi connectivity index (χ0) is 33.1. The van der Waals surface area contributed by atoms with E-state index in [1.165, 1.54) is 0 Å². The van der Waals surface area contributed by atoms with Crippen LogP contribution in [-0.2, 0) is 0 Å². The highest BCUT2D eigenvalue weighted by Gasteiger charge is 2.26. The van der Waals surface area contributed by atoms with Crippen molar-refractivity contribution in [3.05, 3.63) is 168 Å². The number of rotatable bonds is 3. The van der Waals surface area contributed by atoms with E-state index >= 15 is 0 Å². The zero-order valence-electron chi connectivity index (χ0n) is 26.3. The number of hydrogen-bond acceptors (Lipinski definition) is 4. The zero-order valence-corrected chi connectivity index (χ0v) is 26.3. The fraction of sp³-hybridized carbons (Fsp3) is 0. The first-order valence-electron chi connectivity index (χ1n) is 16.0. The molecule has 0 N–H and O–H groups in total. The van der Waals surface area contributed by atoms with Crippen molar-refractivity contribution in [2.45, 2.75) is 0 Å². The molecule has 0 aliphatic carbocycles. The van der Waals surface area contributed by atoms with E-state index in [0.29, 0.717) is 11.1 Å². The second-order valence-corrected chi connectivity index (χ2v) is 12.1. The summed E-state index contributed by atoms with van der Waals surface area (Å²) < 4.78 is 8.92. The topological polar surface area (TPSA) is 68.9 Å². The van der Waals surface area contributed by atoms with Gasteiger partial charge in [0.1, 0.15) is 5.58 Å². The van der Waals surface area contributed by atoms with Crippen LogP contribution in [0.1, 0.15) is 22.3 Å². The Bertz CT molecular complexity index is 2770. The lowest BCUT2D eigenvalue weighted by Crippen LogP contribution is -2.12. The fourth-order valence-electron chi connectivity index (χ4n) is 7.09. The summed E-state index contributed by atoms with van der Waals surface area (Å²) in [6, 6.07) is 49.2. The van der Waals surface area contributed by atoms with E-state index in [1.54, 1.807) is 0 Å². The van der Waals surface area contributed by atoms with Gasteiger partial charge in [-0.1, -0.05) is 79.4 Å². The van der Waals surface area contributed by atoms with Crippen LogP contribution in [0.25, 0.3) is 61.2 Å². The van der Waals surface area contributed by atoms with Gasteiger partial charge in [0.25, 0.3) is 0 Å². The molecule has 3 heterocycles. The lowest BCUT2D eigenvalue weighted by molar-refractivity contribution is 0.620. The van der Waals surface area contributed by atoms with E-state index in [2.05, 4.69) is 88.9 Å². The van der Waals surface area contributed by atoms with Crippen molar-refractivity contribution in [3.8, 4) is 29.0 Å². The van der Waals surface area contributed by atoms with Crippen molar-refractivity contribution >= 4 is 61.7 Å². The number of fused-ring (bicyclic) bond motifs is 7. The Labute approximate surface area is 282 Å². The first-order valence-corrected chi connectivity index (χ1v) is 16.0. The molecule has 5 heteroatoms. The summed E-state index contributed by atoms with van der Waals surface area (Å²) in [6.07, 6.45) is 4.15. The lowest BCUT2D eigenvalue weighted by Gasteiger charge is -2.27. The minimum absolute atomic E-state index is 0.562. The molecule has 1 aliphatic heterocycles. The second kappa shape index (κ2) is 11.0. The largest absolute Gasteiger partial charge is 0.439 e. The van der Waals surface area contributed by atoms with E-state index in [0.717, 1.165) is 83.5 Å². The lowest BCUT2D eigenvalue weighted by atomic mass is 9.97. The Hall–Kier alpha value is -7.08. The van der Waals surface area contributed by atoms with Gasteiger partial charge in [0.15, 0.2) is 0 Å². The normalized spacial score (nSPS) is 13.0. The molecule has 1 aliphatic rings. The highest BCUT2D eigenvalue weighted by atomic mass is 16.4. The standard InChI is InChI=1S/C44H26N4O/c1-28-15-19-36-38-25-31(18-22-43(38)49-44(36)47(32-9-3-2-4-10-32)39-13-7-5-11-33(28)39)34-20-16-30(27-46)24-42(34)48-40-14-8-6-12-35(40)37-23-29(26-45)17-21-41(37)48/h2-25H,1H2/b19-15-. The van der Waals surface area contributed by atoms with Gasteiger partial charge in [-0.05, 0) is 83.9 Å². The summed E-state index contributed by atoms with van der Waals surface area (Å²) in [5.41, 5.74) is 11.6. The molecule has 0 amide bonds. The van der Waals surface area contributed by atoms with Crippen LogP contribution in [0.2, 0.25) is 0 Å². The summed E-state index contributed by atoms with van der Waals surface area (Å²) in [6.45, 7) is 4.41. The number of furan rings is 1. The summed E-state index contributed by atoms with van der Waals surface area (Å²) in [4.78, 5) is 2.17. The smallest absolute Gasteiger partial charge is 0.213 e. The predicted molar refractivity (Wildman–Crippen MR) is 198 cm³/mol. The molecule has 0 saturated heterocycles. The first kappa shape index (κ1) is 28.2. The van der Waals surface area contributed by atoms with Crippen molar-refractivity contribution in [1.82, 2.24) is 4.57 Å². The average molecular weight is 627 g/mol. The molecule has 0 radical (unpaired) electrons. The maximum absolute atomic E-state index is 9.99. The van der Waals surface area contributed by atoms with Crippen LogP contribution < -0.4 is 4.90 Å². The third-order valence-electron chi connectivity index (χ3n) is 9.35. The van der Waals surface area contributed by atoms with Gasteiger partial charge in [0.05, 0.1) is 45.7 Å². The van der Waals surface area contributed by atoms with Gasteiger partial charge in [-0.2, -0.15) is 10.5 Å². The molecular weight excluding hydrogens is 601 g/mol. The molecule has 49 heavy (non-hydrogen) atoms.